The minimum absolute atomic E-state index is 0.140. The van der Waals surface area contributed by atoms with E-state index >= 15 is 0 Å². The predicted molar refractivity (Wildman–Crippen MR) is 107 cm³/mol. The van der Waals surface area contributed by atoms with Crippen molar-refractivity contribution in [3.8, 4) is 10.4 Å². The third-order valence-corrected chi connectivity index (χ3v) is 5.98. The Balaban J connectivity index is 1.46. The molecule has 1 aromatic carbocycles. The van der Waals surface area contributed by atoms with Gasteiger partial charge in [0.25, 0.3) is 5.91 Å². The van der Waals surface area contributed by atoms with Gasteiger partial charge in [0.15, 0.2) is 0 Å². The number of aryl methyl sites for hydroxylation is 1. The van der Waals surface area contributed by atoms with E-state index in [-0.39, 0.29) is 5.91 Å². The number of carbonyl (C=O) groups excluding carboxylic acids is 1. The van der Waals surface area contributed by atoms with Gasteiger partial charge in [-0.25, -0.2) is 4.98 Å². The quantitative estimate of drug-likeness (QED) is 0.703. The number of anilines is 1. The first-order valence-corrected chi connectivity index (χ1v) is 9.65. The number of aromatic nitrogens is 1. The summed E-state index contributed by atoms with van der Waals surface area (Å²) in [5.74, 6) is 1.12. The monoisotopic (exact) mass is 363 g/mol. The van der Waals surface area contributed by atoms with Crippen LogP contribution in [0, 0.1) is 6.92 Å². The normalized spacial score (nSPS) is 14.5. The summed E-state index contributed by atoms with van der Waals surface area (Å²) in [5.41, 5.74) is 2.34. The molecule has 1 aliphatic rings. The molecule has 3 aromatic rings. The maximum absolute atomic E-state index is 12.9. The molecule has 0 N–H and O–H groups in total. The Bertz CT molecular complexity index is 884. The molecular weight excluding hydrogens is 342 g/mol. The van der Waals surface area contributed by atoms with Crippen LogP contribution in [0.2, 0.25) is 0 Å². The summed E-state index contributed by atoms with van der Waals surface area (Å²) < 4.78 is 0. The molecule has 5 heteroatoms. The average Bonchev–Trinajstić information content (AvgIpc) is 3.10. The number of hydrogen-bond acceptors (Lipinski definition) is 4. The summed E-state index contributed by atoms with van der Waals surface area (Å²) in [4.78, 5) is 23.5. The first kappa shape index (κ1) is 16.8. The van der Waals surface area contributed by atoms with E-state index in [9.17, 15) is 4.79 Å². The highest BCUT2D eigenvalue weighted by atomic mass is 32.1. The van der Waals surface area contributed by atoms with Crippen LogP contribution >= 0.6 is 11.3 Å². The van der Waals surface area contributed by atoms with E-state index in [1.54, 1.807) is 11.3 Å². The lowest BCUT2D eigenvalue weighted by Crippen LogP contribution is -2.48. The fraction of sp³-hybridized carbons (Fsp3) is 0.238. The minimum Gasteiger partial charge on any atom is -0.353 e. The van der Waals surface area contributed by atoms with Crippen LogP contribution in [0.5, 0.6) is 0 Å². The highest BCUT2D eigenvalue weighted by Crippen LogP contribution is 2.33. The van der Waals surface area contributed by atoms with Crippen molar-refractivity contribution in [2.45, 2.75) is 6.92 Å². The van der Waals surface area contributed by atoms with Crippen LogP contribution in [0.15, 0.2) is 60.8 Å². The molecule has 2 aromatic heterocycles. The second kappa shape index (κ2) is 7.30. The molecule has 4 nitrogen and oxygen atoms in total. The van der Waals surface area contributed by atoms with Crippen molar-refractivity contribution in [1.82, 2.24) is 9.88 Å². The minimum atomic E-state index is 0.140. The van der Waals surface area contributed by atoms with E-state index in [4.69, 9.17) is 0 Å². The molecule has 1 amide bonds. The van der Waals surface area contributed by atoms with Gasteiger partial charge < -0.3 is 9.80 Å². The Morgan fingerprint density at radius 3 is 2.42 bits per heavy atom. The molecule has 0 bridgehead atoms. The summed E-state index contributed by atoms with van der Waals surface area (Å²) in [6.07, 6.45) is 1.81. The molecule has 1 fully saturated rings. The molecular formula is C21H21N3OS. The van der Waals surface area contributed by atoms with Crippen LogP contribution in [-0.2, 0) is 0 Å². The largest absolute Gasteiger partial charge is 0.353 e. The Labute approximate surface area is 157 Å². The molecule has 4 rings (SSSR count). The Morgan fingerprint density at radius 2 is 1.73 bits per heavy atom. The number of amides is 1. The molecule has 0 unspecified atom stereocenters. The number of benzene rings is 1. The molecule has 0 saturated carbocycles. The van der Waals surface area contributed by atoms with Crippen molar-refractivity contribution in [1.29, 1.82) is 0 Å². The molecule has 132 valence electrons. The third-order valence-electron chi connectivity index (χ3n) is 4.70. The molecule has 26 heavy (non-hydrogen) atoms. The number of rotatable bonds is 3. The molecule has 1 aliphatic heterocycles. The summed E-state index contributed by atoms with van der Waals surface area (Å²) in [5, 5.41) is 0. The predicted octanol–water partition coefficient (Wildman–Crippen LogP) is 4.08. The van der Waals surface area contributed by atoms with Crippen LogP contribution in [0.4, 0.5) is 5.82 Å². The Kier molecular flexibility index (Phi) is 4.71. The molecule has 0 spiro atoms. The molecule has 3 heterocycles. The molecule has 0 atom stereocenters. The van der Waals surface area contributed by atoms with E-state index in [0.717, 1.165) is 42.4 Å². The van der Waals surface area contributed by atoms with Gasteiger partial charge >= 0.3 is 0 Å². The van der Waals surface area contributed by atoms with Gasteiger partial charge in [0, 0.05) is 37.3 Å². The van der Waals surface area contributed by atoms with Gasteiger partial charge in [0.1, 0.15) is 5.82 Å². The van der Waals surface area contributed by atoms with Crippen LogP contribution in [0.3, 0.4) is 0 Å². The third kappa shape index (κ3) is 3.35. The molecule has 0 aliphatic carbocycles. The molecule has 1 saturated heterocycles. The van der Waals surface area contributed by atoms with E-state index in [2.05, 4.69) is 28.9 Å². The maximum Gasteiger partial charge on any atom is 0.264 e. The van der Waals surface area contributed by atoms with E-state index < -0.39 is 0 Å². The van der Waals surface area contributed by atoms with Crippen LogP contribution in [0.1, 0.15) is 15.2 Å². The second-order valence-electron chi connectivity index (χ2n) is 6.46. The lowest BCUT2D eigenvalue weighted by Gasteiger charge is -2.35. The fourth-order valence-corrected chi connectivity index (χ4v) is 4.44. The number of hydrogen-bond donors (Lipinski definition) is 0. The lowest BCUT2D eigenvalue weighted by atomic mass is 10.1. The number of thiophene rings is 1. The number of piperazine rings is 1. The Morgan fingerprint density at radius 1 is 1.00 bits per heavy atom. The molecule has 0 radical (unpaired) electrons. The number of carbonyl (C=O) groups is 1. The van der Waals surface area contributed by atoms with Gasteiger partial charge in [-0.1, -0.05) is 36.4 Å². The second-order valence-corrected chi connectivity index (χ2v) is 7.51. The zero-order valence-corrected chi connectivity index (χ0v) is 15.6. The summed E-state index contributed by atoms with van der Waals surface area (Å²) in [6.45, 7) is 5.17. The van der Waals surface area contributed by atoms with E-state index in [1.807, 2.05) is 53.6 Å². The van der Waals surface area contributed by atoms with Crippen molar-refractivity contribution in [2.75, 3.05) is 31.1 Å². The van der Waals surface area contributed by atoms with Gasteiger partial charge in [-0.3, -0.25) is 4.79 Å². The van der Waals surface area contributed by atoms with Crippen LogP contribution in [-0.4, -0.2) is 42.0 Å². The fourth-order valence-electron chi connectivity index (χ4n) is 3.30. The number of nitrogens with zero attached hydrogens (tertiary/aromatic N) is 3. The van der Waals surface area contributed by atoms with Gasteiger partial charge in [0.2, 0.25) is 0 Å². The zero-order valence-electron chi connectivity index (χ0n) is 14.8. The average molecular weight is 363 g/mol. The lowest BCUT2D eigenvalue weighted by molar-refractivity contribution is 0.0751. The van der Waals surface area contributed by atoms with E-state index in [0.29, 0.717) is 0 Å². The van der Waals surface area contributed by atoms with Gasteiger partial charge in [0.05, 0.1) is 4.88 Å². The maximum atomic E-state index is 12.9. The van der Waals surface area contributed by atoms with Gasteiger partial charge in [-0.05, 0) is 36.2 Å². The van der Waals surface area contributed by atoms with Crippen molar-refractivity contribution in [3.05, 3.63) is 71.2 Å². The van der Waals surface area contributed by atoms with Crippen molar-refractivity contribution in [2.24, 2.45) is 0 Å². The summed E-state index contributed by atoms with van der Waals surface area (Å²) >= 11 is 1.59. The summed E-state index contributed by atoms with van der Waals surface area (Å²) in [6, 6.07) is 18.2. The topological polar surface area (TPSA) is 36.4 Å². The van der Waals surface area contributed by atoms with E-state index in [1.165, 1.54) is 10.4 Å². The Hall–Kier alpha value is -2.66. The van der Waals surface area contributed by atoms with Crippen LogP contribution < -0.4 is 4.90 Å². The highest BCUT2D eigenvalue weighted by Gasteiger charge is 2.24. The number of pyridine rings is 1. The highest BCUT2D eigenvalue weighted by molar-refractivity contribution is 7.17. The zero-order chi connectivity index (χ0) is 17.9. The van der Waals surface area contributed by atoms with Crippen molar-refractivity contribution >= 4 is 23.1 Å². The van der Waals surface area contributed by atoms with Gasteiger partial charge in [-0.15, -0.1) is 11.3 Å². The van der Waals surface area contributed by atoms with Crippen molar-refractivity contribution in [3.63, 3.8) is 0 Å². The smallest absolute Gasteiger partial charge is 0.264 e. The summed E-state index contributed by atoms with van der Waals surface area (Å²) in [7, 11) is 0. The first-order valence-electron chi connectivity index (χ1n) is 8.83. The first-order chi connectivity index (χ1) is 12.7. The van der Waals surface area contributed by atoms with Gasteiger partial charge in [-0.2, -0.15) is 0 Å². The van der Waals surface area contributed by atoms with Crippen molar-refractivity contribution < 1.29 is 4.79 Å². The van der Waals surface area contributed by atoms with Crippen LogP contribution in [0.25, 0.3) is 10.4 Å². The standard InChI is InChI=1S/C21H21N3OS/c1-16-15-18(26-20(16)17-7-3-2-4-8-17)21(25)24-13-11-23(12-14-24)19-9-5-6-10-22-19/h2-10,15H,11-14H2,1H3. The SMILES string of the molecule is Cc1cc(C(=O)N2CCN(c3ccccn3)CC2)sc1-c1ccccc1.